The zero-order chi connectivity index (χ0) is 14.4. The van der Waals surface area contributed by atoms with Gasteiger partial charge in [0.15, 0.2) is 0 Å². The van der Waals surface area contributed by atoms with Crippen molar-refractivity contribution in [3.63, 3.8) is 0 Å². The number of fused-ring (bicyclic) bond motifs is 3. The minimum absolute atomic E-state index is 0.113. The van der Waals surface area contributed by atoms with Crippen LogP contribution in [-0.4, -0.2) is 51.4 Å². The molecule has 2 atom stereocenters. The Hall–Kier alpha value is -2.14. The SMILES string of the molecule is CN1C[C@@H]2[C@H](C1)N(Cc1ccccn1)C(=O)c1cccn12. The summed E-state index contributed by atoms with van der Waals surface area (Å²) in [4.78, 5) is 21.4. The van der Waals surface area contributed by atoms with Gasteiger partial charge in [-0.1, -0.05) is 6.07 Å². The second kappa shape index (κ2) is 4.70. The topological polar surface area (TPSA) is 41.4 Å². The van der Waals surface area contributed by atoms with Crippen LogP contribution in [0.25, 0.3) is 0 Å². The van der Waals surface area contributed by atoms with E-state index in [-0.39, 0.29) is 11.9 Å². The monoisotopic (exact) mass is 282 g/mol. The van der Waals surface area contributed by atoms with Crippen molar-refractivity contribution in [1.82, 2.24) is 19.4 Å². The van der Waals surface area contributed by atoms with Crippen LogP contribution in [-0.2, 0) is 6.54 Å². The lowest BCUT2D eigenvalue weighted by molar-refractivity contribution is 0.0555. The predicted molar refractivity (Wildman–Crippen MR) is 78.9 cm³/mol. The Balaban J connectivity index is 1.72. The van der Waals surface area contributed by atoms with Crippen LogP contribution in [0.2, 0.25) is 0 Å². The van der Waals surface area contributed by atoms with Gasteiger partial charge in [-0.2, -0.15) is 0 Å². The Morgan fingerprint density at radius 2 is 2.05 bits per heavy atom. The predicted octanol–water partition coefficient (Wildman–Crippen LogP) is 1.39. The quantitative estimate of drug-likeness (QED) is 0.836. The van der Waals surface area contributed by atoms with Crippen molar-refractivity contribution < 1.29 is 4.79 Å². The minimum Gasteiger partial charge on any atom is -0.337 e. The number of likely N-dealkylation sites (N-methyl/N-ethyl adjacent to an activating group) is 1. The number of nitrogens with zero attached hydrogens (tertiary/aromatic N) is 4. The molecule has 2 aliphatic rings. The van der Waals surface area contributed by atoms with Crippen molar-refractivity contribution in [3.8, 4) is 0 Å². The number of pyridine rings is 1. The number of rotatable bonds is 2. The molecule has 1 saturated heterocycles. The summed E-state index contributed by atoms with van der Waals surface area (Å²) < 4.78 is 2.14. The number of aromatic nitrogens is 2. The molecular weight excluding hydrogens is 264 g/mol. The van der Waals surface area contributed by atoms with E-state index < -0.39 is 0 Å². The van der Waals surface area contributed by atoms with Gasteiger partial charge in [0.25, 0.3) is 5.91 Å². The average Bonchev–Trinajstić information content (AvgIpc) is 3.10. The van der Waals surface area contributed by atoms with Gasteiger partial charge in [-0.05, 0) is 31.3 Å². The first-order chi connectivity index (χ1) is 10.2. The molecule has 4 heterocycles. The van der Waals surface area contributed by atoms with Gasteiger partial charge in [0.05, 0.1) is 24.3 Å². The standard InChI is InChI=1S/C16H18N4O/c1-18-10-14-15(11-18)20(9-12-5-2-3-7-17-12)16(21)13-6-4-8-19(13)14/h2-8,14-15H,9-11H2,1H3/t14-,15+/m1/s1. The minimum atomic E-state index is 0.113. The van der Waals surface area contributed by atoms with Crippen LogP contribution >= 0.6 is 0 Å². The molecule has 0 aromatic carbocycles. The van der Waals surface area contributed by atoms with Crippen LogP contribution < -0.4 is 0 Å². The number of likely N-dealkylation sites (tertiary alicyclic amines) is 1. The second-order valence-corrected chi connectivity index (χ2v) is 5.91. The van der Waals surface area contributed by atoms with E-state index in [0.717, 1.165) is 24.5 Å². The van der Waals surface area contributed by atoms with E-state index in [0.29, 0.717) is 12.6 Å². The Kier molecular flexibility index (Phi) is 2.82. The van der Waals surface area contributed by atoms with Crippen molar-refractivity contribution in [2.75, 3.05) is 20.1 Å². The summed E-state index contributed by atoms with van der Waals surface area (Å²) in [6.45, 7) is 2.49. The highest BCUT2D eigenvalue weighted by atomic mass is 16.2. The lowest BCUT2D eigenvalue weighted by atomic mass is 10.1. The van der Waals surface area contributed by atoms with E-state index in [2.05, 4.69) is 21.5 Å². The molecular formula is C16H18N4O. The lowest BCUT2D eigenvalue weighted by Gasteiger charge is -2.38. The molecule has 1 fully saturated rings. The first-order valence-electron chi connectivity index (χ1n) is 7.30. The van der Waals surface area contributed by atoms with E-state index in [1.807, 2.05) is 41.4 Å². The largest absolute Gasteiger partial charge is 0.337 e. The van der Waals surface area contributed by atoms with Crippen molar-refractivity contribution in [2.45, 2.75) is 18.6 Å². The molecule has 1 amide bonds. The van der Waals surface area contributed by atoms with Crippen LogP contribution in [0.1, 0.15) is 22.2 Å². The van der Waals surface area contributed by atoms with Crippen LogP contribution in [0.15, 0.2) is 42.7 Å². The van der Waals surface area contributed by atoms with Gasteiger partial charge in [-0.15, -0.1) is 0 Å². The van der Waals surface area contributed by atoms with E-state index in [4.69, 9.17) is 0 Å². The molecule has 2 aliphatic heterocycles. The third-order valence-corrected chi connectivity index (χ3v) is 4.52. The van der Waals surface area contributed by atoms with Gasteiger partial charge in [0, 0.05) is 25.5 Å². The zero-order valence-electron chi connectivity index (χ0n) is 12.0. The number of amides is 1. The average molecular weight is 282 g/mol. The lowest BCUT2D eigenvalue weighted by Crippen LogP contribution is -2.49. The molecule has 0 spiro atoms. The first kappa shape index (κ1) is 12.6. The summed E-state index contributed by atoms with van der Waals surface area (Å²) in [7, 11) is 2.12. The number of carbonyl (C=O) groups excluding carboxylic acids is 1. The van der Waals surface area contributed by atoms with Crippen LogP contribution in [0.4, 0.5) is 0 Å². The van der Waals surface area contributed by atoms with Crippen molar-refractivity contribution in [1.29, 1.82) is 0 Å². The van der Waals surface area contributed by atoms with Gasteiger partial charge in [-0.3, -0.25) is 9.78 Å². The Labute approximate surface area is 123 Å². The zero-order valence-corrected chi connectivity index (χ0v) is 12.0. The van der Waals surface area contributed by atoms with Gasteiger partial charge in [-0.25, -0.2) is 0 Å². The Morgan fingerprint density at radius 1 is 1.19 bits per heavy atom. The van der Waals surface area contributed by atoms with Crippen molar-refractivity contribution in [2.24, 2.45) is 0 Å². The maximum atomic E-state index is 12.8. The number of hydrogen-bond acceptors (Lipinski definition) is 3. The van der Waals surface area contributed by atoms with E-state index in [1.165, 1.54) is 0 Å². The molecule has 5 nitrogen and oxygen atoms in total. The number of carbonyl (C=O) groups is 1. The molecule has 0 radical (unpaired) electrons. The highest BCUT2D eigenvalue weighted by Gasteiger charge is 2.43. The molecule has 5 heteroatoms. The van der Waals surface area contributed by atoms with Crippen LogP contribution in [0, 0.1) is 0 Å². The van der Waals surface area contributed by atoms with Gasteiger partial charge < -0.3 is 14.4 Å². The molecule has 0 bridgehead atoms. The molecule has 21 heavy (non-hydrogen) atoms. The molecule has 2 aromatic rings. The third-order valence-electron chi connectivity index (χ3n) is 4.52. The molecule has 0 aliphatic carbocycles. The summed E-state index contributed by atoms with van der Waals surface area (Å²) in [5, 5.41) is 0. The molecule has 4 rings (SSSR count). The summed E-state index contributed by atoms with van der Waals surface area (Å²) in [5.74, 6) is 0.113. The molecule has 2 aromatic heterocycles. The van der Waals surface area contributed by atoms with Crippen molar-refractivity contribution in [3.05, 3.63) is 54.1 Å². The first-order valence-corrected chi connectivity index (χ1v) is 7.30. The summed E-state index contributed by atoms with van der Waals surface area (Å²) in [6, 6.07) is 10.3. The molecule has 0 N–H and O–H groups in total. The molecule has 0 unspecified atom stereocenters. The summed E-state index contributed by atoms with van der Waals surface area (Å²) in [5.41, 5.74) is 1.74. The van der Waals surface area contributed by atoms with Crippen LogP contribution in [0.5, 0.6) is 0 Å². The Morgan fingerprint density at radius 3 is 2.86 bits per heavy atom. The van der Waals surface area contributed by atoms with E-state index in [1.54, 1.807) is 6.20 Å². The normalized spacial score (nSPS) is 25.0. The highest BCUT2D eigenvalue weighted by Crippen LogP contribution is 2.33. The fourth-order valence-electron chi connectivity index (χ4n) is 3.55. The summed E-state index contributed by atoms with van der Waals surface area (Å²) >= 11 is 0. The van der Waals surface area contributed by atoms with Gasteiger partial charge in [0.1, 0.15) is 5.69 Å². The molecule has 108 valence electrons. The van der Waals surface area contributed by atoms with Crippen molar-refractivity contribution >= 4 is 5.91 Å². The van der Waals surface area contributed by atoms with E-state index in [9.17, 15) is 4.79 Å². The van der Waals surface area contributed by atoms with Gasteiger partial charge >= 0.3 is 0 Å². The third kappa shape index (κ3) is 1.96. The summed E-state index contributed by atoms with van der Waals surface area (Å²) in [6.07, 6.45) is 3.81. The number of hydrogen-bond donors (Lipinski definition) is 0. The fraction of sp³-hybridized carbons (Fsp3) is 0.375. The maximum absolute atomic E-state index is 12.8. The maximum Gasteiger partial charge on any atom is 0.271 e. The smallest absolute Gasteiger partial charge is 0.271 e. The van der Waals surface area contributed by atoms with Crippen LogP contribution in [0.3, 0.4) is 0 Å². The Bertz CT molecular complexity index is 666. The van der Waals surface area contributed by atoms with Gasteiger partial charge in [0.2, 0.25) is 0 Å². The highest BCUT2D eigenvalue weighted by molar-refractivity contribution is 5.94. The van der Waals surface area contributed by atoms with E-state index >= 15 is 0 Å². The fourth-order valence-corrected chi connectivity index (χ4v) is 3.55. The molecule has 0 saturated carbocycles. The second-order valence-electron chi connectivity index (χ2n) is 5.91.